The zero-order valence-corrected chi connectivity index (χ0v) is 16.2. The summed E-state index contributed by atoms with van der Waals surface area (Å²) in [6, 6.07) is 8.88. The Bertz CT molecular complexity index is 928. The van der Waals surface area contributed by atoms with Gasteiger partial charge in [0.15, 0.2) is 14.6 Å². The number of carbonyl (C=O) groups is 1. The van der Waals surface area contributed by atoms with Crippen molar-refractivity contribution in [3.05, 3.63) is 53.2 Å². The summed E-state index contributed by atoms with van der Waals surface area (Å²) >= 11 is 0. The smallest absolute Gasteiger partial charge is 0.247 e. The number of pyridine rings is 1. The van der Waals surface area contributed by atoms with Crippen LogP contribution in [0.4, 0.5) is 5.82 Å². The first-order valence-corrected chi connectivity index (χ1v) is 10.3. The van der Waals surface area contributed by atoms with E-state index in [-0.39, 0.29) is 4.90 Å². The quantitative estimate of drug-likeness (QED) is 0.887. The highest BCUT2D eigenvalue weighted by Crippen LogP contribution is 2.42. The van der Waals surface area contributed by atoms with E-state index in [4.69, 9.17) is 0 Å². The van der Waals surface area contributed by atoms with Crippen LogP contribution in [-0.4, -0.2) is 24.1 Å². The molecule has 2 aromatic rings. The van der Waals surface area contributed by atoms with Gasteiger partial charge in [-0.3, -0.25) is 4.79 Å². The van der Waals surface area contributed by atoms with Gasteiger partial charge in [0.25, 0.3) is 0 Å². The predicted octanol–water partition coefficient (Wildman–Crippen LogP) is 3.73. The molecule has 1 aliphatic rings. The van der Waals surface area contributed by atoms with Gasteiger partial charge >= 0.3 is 0 Å². The summed E-state index contributed by atoms with van der Waals surface area (Å²) in [7, 11) is -3.82. The summed E-state index contributed by atoms with van der Waals surface area (Å²) in [5.74, 6) is -0.102. The van der Waals surface area contributed by atoms with Gasteiger partial charge in [-0.05, 0) is 62.4 Å². The lowest BCUT2D eigenvalue weighted by molar-refractivity contribution is -0.118. The molecule has 1 amide bonds. The van der Waals surface area contributed by atoms with Crippen LogP contribution in [0.3, 0.4) is 0 Å². The lowest BCUT2D eigenvalue weighted by Crippen LogP contribution is -2.47. The molecule has 0 aliphatic heterocycles. The summed E-state index contributed by atoms with van der Waals surface area (Å²) in [5, 5.41) is 2.73. The first-order valence-electron chi connectivity index (χ1n) is 8.82. The molecule has 1 saturated carbocycles. The number of hydrogen-bond donors (Lipinski definition) is 1. The number of hydrogen-bond acceptors (Lipinski definition) is 4. The molecule has 0 saturated heterocycles. The van der Waals surface area contributed by atoms with Crippen molar-refractivity contribution < 1.29 is 13.2 Å². The van der Waals surface area contributed by atoms with Crippen molar-refractivity contribution in [1.82, 2.24) is 4.98 Å². The van der Waals surface area contributed by atoms with Crippen molar-refractivity contribution >= 4 is 21.6 Å². The normalized spacial score (nSPS) is 16.4. The molecule has 0 unspecified atom stereocenters. The molecule has 0 spiro atoms. The van der Waals surface area contributed by atoms with Crippen LogP contribution < -0.4 is 5.32 Å². The number of aryl methyl sites for hydroxylation is 3. The minimum Gasteiger partial charge on any atom is -0.309 e. The molecule has 138 valence electrons. The Morgan fingerprint density at radius 1 is 1.04 bits per heavy atom. The molecule has 1 aromatic carbocycles. The van der Waals surface area contributed by atoms with E-state index in [2.05, 4.69) is 10.3 Å². The second kappa shape index (κ2) is 6.83. The first kappa shape index (κ1) is 18.6. The second-order valence-corrected chi connectivity index (χ2v) is 9.38. The van der Waals surface area contributed by atoms with E-state index in [1.54, 1.807) is 31.3 Å². The van der Waals surface area contributed by atoms with Crippen molar-refractivity contribution in [2.45, 2.75) is 56.1 Å². The van der Waals surface area contributed by atoms with Gasteiger partial charge in [-0.15, -0.1) is 0 Å². The molecule has 5 nitrogen and oxygen atoms in total. The molecule has 1 fully saturated rings. The fourth-order valence-corrected chi connectivity index (χ4v) is 5.92. The summed E-state index contributed by atoms with van der Waals surface area (Å²) in [4.78, 5) is 17.5. The molecule has 0 radical (unpaired) electrons. The standard InChI is InChI=1S/C20H24N2O3S/c1-14-6-8-16(3)17(12-14)26(24,25)20(10-4-5-11-20)19(23)22-18-9-7-15(2)13-21-18/h6-9,12-13H,4-5,10-11H2,1-3H3,(H,21,22,23). The number of anilines is 1. The highest BCUT2D eigenvalue weighted by Gasteiger charge is 2.53. The van der Waals surface area contributed by atoms with Crippen LogP contribution in [0.5, 0.6) is 0 Å². The summed E-state index contributed by atoms with van der Waals surface area (Å²) in [6.45, 7) is 5.53. The van der Waals surface area contributed by atoms with E-state index >= 15 is 0 Å². The Morgan fingerprint density at radius 2 is 1.69 bits per heavy atom. The third-order valence-corrected chi connectivity index (χ3v) is 7.77. The van der Waals surface area contributed by atoms with E-state index in [1.807, 2.05) is 26.0 Å². The van der Waals surface area contributed by atoms with Crippen LogP contribution >= 0.6 is 0 Å². The van der Waals surface area contributed by atoms with Gasteiger partial charge in [-0.2, -0.15) is 0 Å². The van der Waals surface area contributed by atoms with Crippen molar-refractivity contribution in [2.75, 3.05) is 5.32 Å². The van der Waals surface area contributed by atoms with Crippen LogP contribution in [-0.2, 0) is 14.6 Å². The summed E-state index contributed by atoms with van der Waals surface area (Å²) in [5.41, 5.74) is 2.51. The molecule has 0 bridgehead atoms. The Labute approximate surface area is 154 Å². The molecule has 1 aromatic heterocycles. The van der Waals surface area contributed by atoms with E-state index in [9.17, 15) is 13.2 Å². The monoisotopic (exact) mass is 372 g/mol. The summed E-state index contributed by atoms with van der Waals surface area (Å²) in [6.07, 6.45) is 3.76. The van der Waals surface area contributed by atoms with Gasteiger partial charge in [-0.1, -0.05) is 31.0 Å². The van der Waals surface area contributed by atoms with Crippen molar-refractivity contribution in [3.8, 4) is 0 Å². The average Bonchev–Trinajstić information content (AvgIpc) is 3.11. The number of benzene rings is 1. The maximum Gasteiger partial charge on any atom is 0.247 e. The molecule has 1 aliphatic carbocycles. The fraction of sp³-hybridized carbons (Fsp3) is 0.400. The van der Waals surface area contributed by atoms with Crippen molar-refractivity contribution in [1.29, 1.82) is 0 Å². The van der Waals surface area contributed by atoms with E-state index < -0.39 is 20.5 Å². The Kier molecular flexibility index (Phi) is 4.88. The number of rotatable bonds is 4. The topological polar surface area (TPSA) is 76.1 Å². The van der Waals surface area contributed by atoms with Crippen molar-refractivity contribution in [2.24, 2.45) is 0 Å². The van der Waals surface area contributed by atoms with Crippen LogP contribution in [0.1, 0.15) is 42.4 Å². The first-order chi connectivity index (χ1) is 12.3. The van der Waals surface area contributed by atoms with Gasteiger partial charge in [0.1, 0.15) is 5.82 Å². The zero-order valence-electron chi connectivity index (χ0n) is 15.4. The third kappa shape index (κ3) is 3.14. The minimum absolute atomic E-state index is 0.256. The Hall–Kier alpha value is -2.21. The minimum atomic E-state index is -3.82. The molecule has 26 heavy (non-hydrogen) atoms. The Balaban J connectivity index is 2.03. The van der Waals surface area contributed by atoms with Gasteiger partial charge in [0, 0.05) is 6.20 Å². The third-order valence-electron chi connectivity index (χ3n) is 5.13. The zero-order chi connectivity index (χ0) is 18.9. The van der Waals surface area contributed by atoms with Crippen LogP contribution in [0.25, 0.3) is 0 Å². The number of nitrogens with one attached hydrogen (secondary N) is 1. The maximum atomic E-state index is 13.5. The average molecular weight is 372 g/mol. The number of amides is 1. The van der Waals surface area contributed by atoms with E-state index in [0.29, 0.717) is 24.2 Å². The van der Waals surface area contributed by atoms with Gasteiger partial charge in [0.2, 0.25) is 5.91 Å². The predicted molar refractivity (Wildman–Crippen MR) is 102 cm³/mol. The Morgan fingerprint density at radius 3 is 2.31 bits per heavy atom. The van der Waals surface area contributed by atoms with Crippen LogP contribution in [0.2, 0.25) is 0 Å². The number of nitrogens with zero attached hydrogens (tertiary/aromatic N) is 1. The van der Waals surface area contributed by atoms with E-state index in [1.165, 1.54) is 0 Å². The summed E-state index contributed by atoms with van der Waals surface area (Å²) < 4.78 is 25.6. The molecule has 3 rings (SSSR count). The van der Waals surface area contributed by atoms with Crippen molar-refractivity contribution in [3.63, 3.8) is 0 Å². The lowest BCUT2D eigenvalue weighted by Gasteiger charge is -2.28. The largest absolute Gasteiger partial charge is 0.309 e. The van der Waals surface area contributed by atoms with E-state index in [0.717, 1.165) is 24.0 Å². The highest BCUT2D eigenvalue weighted by atomic mass is 32.2. The second-order valence-electron chi connectivity index (χ2n) is 7.15. The molecular weight excluding hydrogens is 348 g/mol. The molecular formula is C20H24N2O3S. The SMILES string of the molecule is Cc1ccc(NC(=O)C2(S(=O)(=O)c3cc(C)ccc3C)CCCC2)nc1. The highest BCUT2D eigenvalue weighted by molar-refractivity contribution is 7.93. The van der Waals surface area contributed by atoms with Gasteiger partial charge < -0.3 is 5.32 Å². The number of aromatic nitrogens is 1. The van der Waals surface area contributed by atoms with Gasteiger partial charge in [-0.25, -0.2) is 13.4 Å². The molecule has 6 heteroatoms. The molecule has 1 N–H and O–H groups in total. The van der Waals surface area contributed by atoms with Crippen LogP contribution in [0.15, 0.2) is 41.4 Å². The molecule has 0 atom stereocenters. The number of sulfone groups is 1. The van der Waals surface area contributed by atoms with Crippen LogP contribution in [0, 0.1) is 20.8 Å². The fourth-order valence-electron chi connectivity index (χ4n) is 3.54. The number of carbonyl (C=O) groups excluding carboxylic acids is 1. The maximum absolute atomic E-state index is 13.5. The molecule has 1 heterocycles. The van der Waals surface area contributed by atoms with Gasteiger partial charge in [0.05, 0.1) is 4.90 Å². The lowest BCUT2D eigenvalue weighted by atomic mass is 10.1.